The molecule has 1 atom stereocenters. The summed E-state index contributed by atoms with van der Waals surface area (Å²) in [7, 11) is -3.44. The molecule has 1 aromatic carbocycles. The van der Waals surface area contributed by atoms with Gasteiger partial charge in [0.15, 0.2) is 0 Å². The Morgan fingerprint density at radius 1 is 1.31 bits per heavy atom. The smallest absolute Gasteiger partial charge is 0.406 e. The fraction of sp³-hybridized carbons (Fsp3) is 0.500. The molecule has 0 bridgehead atoms. The van der Waals surface area contributed by atoms with Gasteiger partial charge < -0.3 is 15.0 Å². The van der Waals surface area contributed by atoms with Gasteiger partial charge in [0.05, 0.1) is 0 Å². The van der Waals surface area contributed by atoms with E-state index >= 15 is 0 Å². The quantitative estimate of drug-likeness (QED) is 0.710. The van der Waals surface area contributed by atoms with Gasteiger partial charge in [0, 0.05) is 36.8 Å². The van der Waals surface area contributed by atoms with Crippen LogP contribution in [0.5, 0.6) is 5.75 Å². The van der Waals surface area contributed by atoms with Crippen LogP contribution in [0.2, 0.25) is 0 Å². The lowest BCUT2D eigenvalue weighted by molar-refractivity contribution is -0.274. The van der Waals surface area contributed by atoms with Gasteiger partial charge in [-0.15, -0.1) is 13.2 Å². The Labute approximate surface area is 151 Å². The van der Waals surface area contributed by atoms with E-state index in [0.29, 0.717) is 25.3 Å². The Morgan fingerprint density at radius 3 is 2.62 bits per heavy atom. The first-order chi connectivity index (χ1) is 12.2. The van der Waals surface area contributed by atoms with Crippen LogP contribution in [0, 0.1) is 0 Å². The highest BCUT2D eigenvalue weighted by Crippen LogP contribution is 2.23. The van der Waals surface area contributed by atoms with E-state index in [4.69, 9.17) is 0 Å². The molecule has 0 saturated carbocycles. The summed E-state index contributed by atoms with van der Waals surface area (Å²) < 4.78 is 65.9. The molecule has 1 heterocycles. The third-order valence-electron chi connectivity index (χ3n) is 3.90. The number of hydrogen-bond acceptors (Lipinski definition) is 5. The van der Waals surface area contributed by atoms with Crippen LogP contribution in [0.1, 0.15) is 12.8 Å². The summed E-state index contributed by atoms with van der Waals surface area (Å²) in [6, 6.07) is 5.37. The molecule has 0 spiro atoms. The first kappa shape index (κ1) is 20.5. The zero-order valence-corrected chi connectivity index (χ0v) is 14.9. The lowest BCUT2D eigenvalue weighted by Gasteiger charge is -2.32. The fourth-order valence-corrected chi connectivity index (χ4v) is 3.52. The van der Waals surface area contributed by atoms with E-state index in [1.165, 1.54) is 24.3 Å². The number of sulfonamides is 1. The standard InChI is InChI=1S/C16H22F3N3O3S/c1-2-26(23,24)21-14-4-3-10-22(12-14)11-9-20-13-5-7-15(8-6-13)25-16(17,18)19/h2,5-8,14,20-21H,1,3-4,9-12H2/t14-/m1/s1. The number of piperidine rings is 1. The van der Waals surface area contributed by atoms with Gasteiger partial charge in [-0.3, -0.25) is 0 Å². The molecule has 1 fully saturated rings. The highest BCUT2D eigenvalue weighted by atomic mass is 32.2. The lowest BCUT2D eigenvalue weighted by atomic mass is 10.1. The minimum atomic E-state index is -4.70. The second-order valence-corrected chi connectivity index (χ2v) is 7.63. The van der Waals surface area contributed by atoms with Gasteiger partial charge in [-0.25, -0.2) is 13.1 Å². The molecule has 6 nitrogen and oxygen atoms in total. The summed E-state index contributed by atoms with van der Waals surface area (Å²) in [5.41, 5.74) is 0.681. The molecule has 2 N–H and O–H groups in total. The SMILES string of the molecule is C=CS(=O)(=O)N[C@@H]1CCCN(CCNc2ccc(OC(F)(F)F)cc2)C1. The fourth-order valence-electron chi connectivity index (χ4n) is 2.77. The van der Waals surface area contributed by atoms with Crippen LogP contribution in [-0.2, 0) is 10.0 Å². The van der Waals surface area contributed by atoms with Crippen molar-refractivity contribution in [2.24, 2.45) is 0 Å². The first-order valence-electron chi connectivity index (χ1n) is 8.14. The maximum Gasteiger partial charge on any atom is 0.573 e. The van der Waals surface area contributed by atoms with Crippen molar-refractivity contribution in [1.82, 2.24) is 9.62 Å². The predicted octanol–water partition coefficient (Wildman–Crippen LogP) is 2.52. The van der Waals surface area contributed by atoms with E-state index in [2.05, 4.69) is 26.3 Å². The van der Waals surface area contributed by atoms with Gasteiger partial charge in [-0.2, -0.15) is 0 Å². The summed E-state index contributed by atoms with van der Waals surface area (Å²) in [6.45, 7) is 6.02. The number of rotatable bonds is 8. The maximum atomic E-state index is 12.1. The lowest BCUT2D eigenvalue weighted by Crippen LogP contribution is -2.48. The predicted molar refractivity (Wildman–Crippen MR) is 93.3 cm³/mol. The Kier molecular flexibility index (Phi) is 6.90. The van der Waals surface area contributed by atoms with Crippen LogP contribution in [0.25, 0.3) is 0 Å². The van der Waals surface area contributed by atoms with Crippen molar-refractivity contribution in [2.75, 3.05) is 31.5 Å². The third-order valence-corrected chi connectivity index (χ3v) is 5.00. The van der Waals surface area contributed by atoms with Crippen molar-refractivity contribution >= 4 is 15.7 Å². The van der Waals surface area contributed by atoms with Crippen LogP contribution in [0.15, 0.2) is 36.3 Å². The van der Waals surface area contributed by atoms with Crippen molar-refractivity contribution in [1.29, 1.82) is 0 Å². The molecule has 0 unspecified atom stereocenters. The number of alkyl halides is 3. The number of hydrogen-bond donors (Lipinski definition) is 2. The summed E-state index contributed by atoms with van der Waals surface area (Å²) in [4.78, 5) is 2.13. The largest absolute Gasteiger partial charge is 0.573 e. The Bertz CT molecular complexity index is 693. The molecule has 146 valence electrons. The van der Waals surface area contributed by atoms with Crippen LogP contribution >= 0.6 is 0 Å². The second-order valence-electron chi connectivity index (χ2n) is 5.97. The van der Waals surface area contributed by atoms with E-state index in [0.717, 1.165) is 24.8 Å². The van der Waals surface area contributed by atoms with Crippen LogP contribution < -0.4 is 14.8 Å². The third kappa shape index (κ3) is 7.22. The molecule has 1 aliphatic rings. The average Bonchev–Trinajstić information content (AvgIpc) is 2.55. The van der Waals surface area contributed by atoms with Crippen molar-refractivity contribution in [3.8, 4) is 5.75 Å². The molecule has 2 rings (SSSR count). The van der Waals surface area contributed by atoms with E-state index in [1.807, 2.05) is 0 Å². The number of anilines is 1. The molecule has 0 aromatic heterocycles. The van der Waals surface area contributed by atoms with Crippen molar-refractivity contribution in [2.45, 2.75) is 25.2 Å². The van der Waals surface area contributed by atoms with Crippen molar-refractivity contribution < 1.29 is 26.3 Å². The molecule has 0 radical (unpaired) electrons. The van der Waals surface area contributed by atoms with E-state index in [-0.39, 0.29) is 11.8 Å². The van der Waals surface area contributed by atoms with Gasteiger partial charge in [0.25, 0.3) is 0 Å². The van der Waals surface area contributed by atoms with Gasteiger partial charge in [0.2, 0.25) is 10.0 Å². The van der Waals surface area contributed by atoms with Crippen LogP contribution in [0.4, 0.5) is 18.9 Å². The number of ether oxygens (including phenoxy) is 1. The van der Waals surface area contributed by atoms with Crippen molar-refractivity contribution in [3.63, 3.8) is 0 Å². The molecule has 1 aliphatic heterocycles. The number of nitrogens with one attached hydrogen (secondary N) is 2. The molecular formula is C16H22F3N3O3S. The highest BCUT2D eigenvalue weighted by molar-refractivity contribution is 7.92. The van der Waals surface area contributed by atoms with E-state index in [9.17, 15) is 21.6 Å². The highest BCUT2D eigenvalue weighted by Gasteiger charge is 2.31. The zero-order chi connectivity index (χ0) is 19.2. The number of likely N-dealkylation sites (tertiary alicyclic amines) is 1. The molecule has 10 heteroatoms. The number of benzene rings is 1. The number of nitrogens with zero attached hydrogens (tertiary/aromatic N) is 1. The van der Waals surface area contributed by atoms with E-state index in [1.54, 1.807) is 0 Å². The molecule has 1 aromatic rings. The molecule has 0 amide bonds. The van der Waals surface area contributed by atoms with E-state index < -0.39 is 16.4 Å². The van der Waals surface area contributed by atoms with Gasteiger partial charge >= 0.3 is 6.36 Å². The maximum absolute atomic E-state index is 12.1. The minimum absolute atomic E-state index is 0.148. The minimum Gasteiger partial charge on any atom is -0.406 e. The molecule has 1 saturated heterocycles. The summed E-state index contributed by atoms with van der Waals surface area (Å²) in [5.74, 6) is -0.267. The van der Waals surface area contributed by atoms with Crippen LogP contribution in [-0.4, -0.2) is 51.9 Å². The van der Waals surface area contributed by atoms with Gasteiger partial charge in [0.1, 0.15) is 5.75 Å². The molecule has 26 heavy (non-hydrogen) atoms. The average molecular weight is 393 g/mol. The summed E-state index contributed by atoms with van der Waals surface area (Å²) in [6.07, 6.45) is -3.04. The Balaban J connectivity index is 1.76. The monoisotopic (exact) mass is 393 g/mol. The van der Waals surface area contributed by atoms with Crippen molar-refractivity contribution in [3.05, 3.63) is 36.3 Å². The van der Waals surface area contributed by atoms with Crippen LogP contribution in [0.3, 0.4) is 0 Å². The number of halogens is 3. The Hall–Kier alpha value is -1.78. The van der Waals surface area contributed by atoms with Gasteiger partial charge in [-0.05, 0) is 43.7 Å². The summed E-state index contributed by atoms with van der Waals surface area (Å²) >= 11 is 0. The first-order valence-corrected chi connectivity index (χ1v) is 9.68. The zero-order valence-electron chi connectivity index (χ0n) is 14.1. The normalized spacial score (nSPS) is 19.1. The summed E-state index contributed by atoms with van der Waals surface area (Å²) in [5, 5.41) is 4.03. The van der Waals surface area contributed by atoms with Gasteiger partial charge in [-0.1, -0.05) is 6.58 Å². The second kappa shape index (κ2) is 8.74. The molecular weight excluding hydrogens is 371 g/mol. The topological polar surface area (TPSA) is 70.7 Å². The molecule has 0 aliphatic carbocycles. The Morgan fingerprint density at radius 2 is 2.00 bits per heavy atom.